The third-order valence-electron chi connectivity index (χ3n) is 5.11. The number of aliphatic hydroxyl groups is 1. The second kappa shape index (κ2) is 3.93. The van der Waals surface area contributed by atoms with Gasteiger partial charge >= 0.3 is 5.97 Å². The molecule has 2 bridgehead atoms. The van der Waals surface area contributed by atoms with Crippen LogP contribution in [0.1, 0.15) is 33.1 Å². The molecule has 0 unspecified atom stereocenters. The summed E-state index contributed by atoms with van der Waals surface area (Å²) >= 11 is 0. The van der Waals surface area contributed by atoms with E-state index in [1.807, 2.05) is 6.08 Å². The zero-order valence-electron chi connectivity index (χ0n) is 11.3. The SMILES string of the molecule is CC(C)=C1CC[C@]23CO[C@H](C2)[C@@](O)(C(=O)O)C=C[C@@H]13. The van der Waals surface area contributed by atoms with Gasteiger partial charge in [0, 0.05) is 11.3 Å². The van der Waals surface area contributed by atoms with Crippen LogP contribution < -0.4 is 0 Å². The van der Waals surface area contributed by atoms with Crippen molar-refractivity contribution in [3.8, 4) is 0 Å². The highest BCUT2D eigenvalue weighted by molar-refractivity contribution is 5.81. The van der Waals surface area contributed by atoms with Crippen LogP contribution in [-0.4, -0.2) is 34.5 Å². The molecule has 0 radical (unpaired) electrons. The van der Waals surface area contributed by atoms with E-state index in [4.69, 9.17) is 4.74 Å². The van der Waals surface area contributed by atoms with Crippen molar-refractivity contribution in [1.82, 2.24) is 0 Å². The zero-order chi connectivity index (χ0) is 13.8. The Bertz CT molecular complexity index is 488. The van der Waals surface area contributed by atoms with E-state index in [9.17, 15) is 15.0 Å². The monoisotopic (exact) mass is 264 g/mol. The number of carbonyl (C=O) groups is 1. The minimum Gasteiger partial charge on any atom is -0.479 e. The van der Waals surface area contributed by atoms with Crippen molar-refractivity contribution in [2.75, 3.05) is 6.61 Å². The molecular weight excluding hydrogens is 244 g/mol. The molecule has 1 aliphatic heterocycles. The van der Waals surface area contributed by atoms with E-state index >= 15 is 0 Å². The molecule has 2 N–H and O–H groups in total. The lowest BCUT2D eigenvalue weighted by atomic mass is 9.75. The van der Waals surface area contributed by atoms with Crippen molar-refractivity contribution >= 4 is 5.97 Å². The van der Waals surface area contributed by atoms with E-state index in [-0.39, 0.29) is 11.3 Å². The van der Waals surface area contributed by atoms with Crippen molar-refractivity contribution in [3.05, 3.63) is 23.3 Å². The number of carboxylic acids is 1. The van der Waals surface area contributed by atoms with E-state index < -0.39 is 17.7 Å². The molecule has 2 aliphatic carbocycles. The summed E-state index contributed by atoms with van der Waals surface area (Å²) in [5, 5.41) is 19.6. The van der Waals surface area contributed by atoms with E-state index in [2.05, 4.69) is 13.8 Å². The van der Waals surface area contributed by atoms with Gasteiger partial charge in [0.2, 0.25) is 5.60 Å². The van der Waals surface area contributed by atoms with Gasteiger partial charge < -0.3 is 14.9 Å². The van der Waals surface area contributed by atoms with E-state index in [0.717, 1.165) is 12.8 Å². The van der Waals surface area contributed by atoms with Crippen LogP contribution in [0.3, 0.4) is 0 Å². The fraction of sp³-hybridized carbons (Fsp3) is 0.667. The molecule has 4 atom stereocenters. The number of aliphatic carboxylic acids is 1. The van der Waals surface area contributed by atoms with Gasteiger partial charge in [0.1, 0.15) is 6.10 Å². The first kappa shape index (κ1) is 12.9. The fourth-order valence-corrected chi connectivity index (χ4v) is 3.93. The highest BCUT2D eigenvalue weighted by Crippen LogP contribution is 2.57. The quantitative estimate of drug-likeness (QED) is 0.710. The highest BCUT2D eigenvalue weighted by atomic mass is 16.5. The molecule has 0 amide bonds. The van der Waals surface area contributed by atoms with Gasteiger partial charge in [-0.25, -0.2) is 4.79 Å². The van der Waals surface area contributed by atoms with Crippen LogP contribution >= 0.6 is 0 Å². The maximum Gasteiger partial charge on any atom is 0.342 e. The standard InChI is InChI=1S/C15H20O4/c1-9(2)10-3-5-14-7-12(19-8-14)15(18,13(16)17)6-4-11(10)14/h4,6,11-12,18H,3,5,7-8H2,1-2H3,(H,16,17)/t11-,12+,14+,15+/m0/s1. The first-order valence-electron chi connectivity index (χ1n) is 6.82. The van der Waals surface area contributed by atoms with Crippen molar-refractivity contribution in [3.63, 3.8) is 0 Å². The van der Waals surface area contributed by atoms with Crippen molar-refractivity contribution in [2.24, 2.45) is 11.3 Å². The zero-order valence-corrected chi connectivity index (χ0v) is 11.3. The molecule has 19 heavy (non-hydrogen) atoms. The van der Waals surface area contributed by atoms with Crippen LogP contribution in [0.25, 0.3) is 0 Å². The first-order valence-corrected chi connectivity index (χ1v) is 6.82. The van der Waals surface area contributed by atoms with E-state index in [0.29, 0.717) is 13.0 Å². The molecule has 3 aliphatic rings. The normalized spacial score (nSPS) is 44.1. The molecule has 2 fully saturated rings. The summed E-state index contributed by atoms with van der Waals surface area (Å²) in [5.41, 5.74) is 0.805. The van der Waals surface area contributed by atoms with Crippen molar-refractivity contribution < 1.29 is 19.7 Å². The van der Waals surface area contributed by atoms with Crippen LogP contribution in [-0.2, 0) is 9.53 Å². The molecule has 104 valence electrons. The maximum absolute atomic E-state index is 11.4. The van der Waals surface area contributed by atoms with Gasteiger partial charge in [-0.2, -0.15) is 0 Å². The molecule has 4 nitrogen and oxygen atoms in total. The Morgan fingerprint density at radius 3 is 2.84 bits per heavy atom. The topological polar surface area (TPSA) is 66.8 Å². The third-order valence-corrected chi connectivity index (χ3v) is 5.11. The van der Waals surface area contributed by atoms with Gasteiger partial charge in [0.05, 0.1) is 6.61 Å². The fourth-order valence-electron chi connectivity index (χ4n) is 3.93. The Hall–Kier alpha value is -1.13. The average molecular weight is 264 g/mol. The number of hydrogen-bond acceptors (Lipinski definition) is 3. The molecule has 0 aromatic carbocycles. The summed E-state index contributed by atoms with van der Waals surface area (Å²) in [4.78, 5) is 11.4. The minimum absolute atomic E-state index is 0.00625. The summed E-state index contributed by atoms with van der Waals surface area (Å²) in [5.74, 6) is -1.000. The van der Waals surface area contributed by atoms with Gasteiger partial charge in [-0.1, -0.05) is 17.2 Å². The Morgan fingerprint density at radius 1 is 1.47 bits per heavy atom. The van der Waals surface area contributed by atoms with Gasteiger partial charge in [-0.05, 0) is 39.2 Å². The van der Waals surface area contributed by atoms with E-state index in [1.165, 1.54) is 17.2 Å². The first-order chi connectivity index (χ1) is 8.89. The van der Waals surface area contributed by atoms with Gasteiger partial charge in [0.15, 0.2) is 0 Å². The summed E-state index contributed by atoms with van der Waals surface area (Å²) in [6, 6.07) is 0. The average Bonchev–Trinajstić information content (AvgIpc) is 2.89. The summed E-state index contributed by atoms with van der Waals surface area (Å²) in [7, 11) is 0. The number of allylic oxidation sites excluding steroid dienone is 3. The second-order valence-electron chi connectivity index (χ2n) is 6.36. The van der Waals surface area contributed by atoms with Crippen LogP contribution in [0.15, 0.2) is 23.3 Å². The summed E-state index contributed by atoms with van der Waals surface area (Å²) < 4.78 is 5.66. The molecule has 4 heteroatoms. The van der Waals surface area contributed by atoms with Crippen molar-refractivity contribution in [2.45, 2.75) is 44.8 Å². The maximum atomic E-state index is 11.4. The van der Waals surface area contributed by atoms with Gasteiger partial charge in [-0.15, -0.1) is 0 Å². The molecule has 0 aromatic rings. The number of fused-ring (bicyclic) bond motifs is 1. The molecule has 1 saturated heterocycles. The van der Waals surface area contributed by atoms with Crippen LogP contribution in [0, 0.1) is 11.3 Å². The van der Waals surface area contributed by atoms with Crippen LogP contribution in [0.2, 0.25) is 0 Å². The highest BCUT2D eigenvalue weighted by Gasteiger charge is 2.58. The second-order valence-corrected chi connectivity index (χ2v) is 6.36. The van der Waals surface area contributed by atoms with Crippen molar-refractivity contribution in [1.29, 1.82) is 0 Å². The Kier molecular flexibility index (Phi) is 2.67. The van der Waals surface area contributed by atoms with Gasteiger partial charge in [0.25, 0.3) is 0 Å². The Morgan fingerprint density at radius 2 is 2.21 bits per heavy atom. The lowest BCUT2D eigenvalue weighted by Gasteiger charge is -2.27. The predicted octanol–water partition coefficient (Wildman–Crippen LogP) is 1.89. The number of hydrogen-bond donors (Lipinski definition) is 2. The smallest absolute Gasteiger partial charge is 0.342 e. The Labute approximate surface area is 112 Å². The predicted molar refractivity (Wildman–Crippen MR) is 69.6 cm³/mol. The number of ether oxygens (including phenoxy) is 1. The molecule has 1 heterocycles. The van der Waals surface area contributed by atoms with Crippen LogP contribution in [0.5, 0.6) is 0 Å². The lowest BCUT2D eigenvalue weighted by molar-refractivity contribution is -0.164. The molecule has 0 aromatic heterocycles. The summed E-state index contributed by atoms with van der Waals surface area (Å²) in [6.07, 6.45) is 5.44. The Balaban J connectivity index is 2.08. The number of rotatable bonds is 1. The molecule has 1 spiro atoms. The number of carboxylic acid groups (broad SMARTS) is 1. The lowest BCUT2D eigenvalue weighted by Crippen LogP contribution is -2.47. The van der Waals surface area contributed by atoms with E-state index in [1.54, 1.807) is 0 Å². The largest absolute Gasteiger partial charge is 0.479 e. The summed E-state index contributed by atoms with van der Waals surface area (Å²) in [6.45, 7) is 4.76. The minimum atomic E-state index is -1.87. The van der Waals surface area contributed by atoms with Gasteiger partial charge in [-0.3, -0.25) is 0 Å². The van der Waals surface area contributed by atoms with Crippen LogP contribution in [0.4, 0.5) is 0 Å². The molecule has 1 saturated carbocycles. The molecule has 3 rings (SSSR count). The molecular formula is C15H20O4. The third kappa shape index (κ3) is 1.63.